The molecule has 1 fully saturated rings. The predicted molar refractivity (Wildman–Crippen MR) is 115 cm³/mol. The van der Waals surface area contributed by atoms with Crippen molar-refractivity contribution in [2.45, 2.75) is 19.5 Å². The van der Waals surface area contributed by atoms with Gasteiger partial charge in [-0.3, -0.25) is 4.90 Å². The van der Waals surface area contributed by atoms with Gasteiger partial charge in [0, 0.05) is 58.1 Å². The second-order valence-corrected chi connectivity index (χ2v) is 7.98. The van der Waals surface area contributed by atoms with Crippen molar-refractivity contribution < 1.29 is 13.9 Å². The molecule has 31 heavy (non-hydrogen) atoms. The van der Waals surface area contributed by atoms with E-state index in [0.29, 0.717) is 37.3 Å². The quantitative estimate of drug-likeness (QED) is 0.629. The monoisotopic (exact) mass is 423 g/mol. The molecule has 4 heterocycles. The van der Waals surface area contributed by atoms with Crippen LogP contribution in [0.1, 0.15) is 17.0 Å². The van der Waals surface area contributed by atoms with Crippen LogP contribution in [0.15, 0.2) is 42.6 Å². The van der Waals surface area contributed by atoms with Crippen LogP contribution >= 0.6 is 0 Å². The lowest BCUT2D eigenvalue weighted by Gasteiger charge is -2.31. The van der Waals surface area contributed by atoms with Gasteiger partial charge in [-0.15, -0.1) is 0 Å². The van der Waals surface area contributed by atoms with Crippen LogP contribution in [0.5, 0.6) is 11.6 Å². The number of morpholine rings is 1. The third kappa shape index (κ3) is 4.40. The van der Waals surface area contributed by atoms with E-state index in [2.05, 4.69) is 39.7 Å². The number of anilines is 1. The highest BCUT2D eigenvalue weighted by atomic mass is 19.1. The molecule has 2 aliphatic rings. The molecule has 1 aromatic carbocycles. The van der Waals surface area contributed by atoms with E-state index in [1.807, 2.05) is 0 Å². The van der Waals surface area contributed by atoms with Crippen LogP contribution in [0.4, 0.5) is 10.3 Å². The molecule has 162 valence electrons. The molecule has 1 saturated heterocycles. The molecule has 3 aromatic rings. The topological polar surface area (TPSA) is 55.7 Å². The number of rotatable bonds is 5. The number of benzene rings is 1. The average Bonchev–Trinajstić information content (AvgIpc) is 3.20. The van der Waals surface area contributed by atoms with Gasteiger partial charge in [-0.2, -0.15) is 4.98 Å². The zero-order valence-electron chi connectivity index (χ0n) is 17.6. The number of hydrogen-bond donors (Lipinski definition) is 0. The molecule has 0 amide bonds. The maximum absolute atomic E-state index is 13.4. The van der Waals surface area contributed by atoms with Gasteiger partial charge in [-0.1, -0.05) is 0 Å². The number of aromatic nitrogens is 3. The van der Waals surface area contributed by atoms with E-state index in [0.717, 1.165) is 43.9 Å². The van der Waals surface area contributed by atoms with Crippen LogP contribution in [0.25, 0.3) is 0 Å². The fourth-order valence-electron chi connectivity index (χ4n) is 4.06. The van der Waals surface area contributed by atoms with Gasteiger partial charge in [0.2, 0.25) is 11.8 Å². The molecule has 0 aliphatic carbocycles. The van der Waals surface area contributed by atoms with E-state index in [-0.39, 0.29) is 5.82 Å². The summed E-state index contributed by atoms with van der Waals surface area (Å²) in [5.41, 5.74) is 3.29. The molecule has 8 heteroatoms. The van der Waals surface area contributed by atoms with Crippen molar-refractivity contribution in [2.24, 2.45) is 7.05 Å². The summed E-state index contributed by atoms with van der Waals surface area (Å²) in [6.45, 7) is 5.33. The summed E-state index contributed by atoms with van der Waals surface area (Å²) in [6.07, 6.45) is 2.90. The molecule has 0 saturated carbocycles. The molecule has 0 unspecified atom stereocenters. The third-order valence-electron chi connectivity index (χ3n) is 5.85. The highest BCUT2D eigenvalue weighted by Gasteiger charge is 2.26. The predicted octanol–water partition coefficient (Wildman–Crippen LogP) is 3.14. The first-order chi connectivity index (χ1) is 15.2. The fraction of sp³-hybridized carbons (Fsp3) is 0.391. The molecule has 0 N–H and O–H groups in total. The molecule has 0 radical (unpaired) electrons. The van der Waals surface area contributed by atoms with E-state index < -0.39 is 0 Å². The Bertz CT molecular complexity index is 1050. The van der Waals surface area contributed by atoms with Crippen LogP contribution < -0.4 is 9.64 Å². The smallest absolute Gasteiger partial charge is 0.229 e. The van der Waals surface area contributed by atoms with Crippen molar-refractivity contribution in [1.82, 2.24) is 19.4 Å². The Morgan fingerprint density at radius 2 is 1.87 bits per heavy atom. The highest BCUT2D eigenvalue weighted by Crippen LogP contribution is 2.32. The molecule has 2 aliphatic heterocycles. The van der Waals surface area contributed by atoms with Crippen molar-refractivity contribution in [2.75, 3.05) is 37.7 Å². The third-order valence-corrected chi connectivity index (χ3v) is 5.85. The molecule has 0 atom stereocenters. The second-order valence-electron chi connectivity index (χ2n) is 7.98. The van der Waals surface area contributed by atoms with Crippen LogP contribution in [0.2, 0.25) is 0 Å². The summed E-state index contributed by atoms with van der Waals surface area (Å²) in [7, 11) is 2.06. The lowest BCUT2D eigenvalue weighted by molar-refractivity contribution is 0.122. The minimum Gasteiger partial charge on any atom is -0.438 e. The second kappa shape index (κ2) is 8.64. The maximum atomic E-state index is 13.4. The minimum absolute atomic E-state index is 0.292. The Morgan fingerprint density at radius 1 is 1.06 bits per heavy atom. The van der Waals surface area contributed by atoms with Crippen LogP contribution in [-0.4, -0.2) is 52.3 Å². The van der Waals surface area contributed by atoms with Gasteiger partial charge in [0.05, 0.1) is 24.5 Å². The molecule has 0 spiro atoms. The van der Waals surface area contributed by atoms with Crippen molar-refractivity contribution in [3.8, 4) is 11.6 Å². The average molecular weight is 423 g/mol. The molecular weight excluding hydrogens is 397 g/mol. The summed E-state index contributed by atoms with van der Waals surface area (Å²) in [5, 5.41) is 0. The van der Waals surface area contributed by atoms with Gasteiger partial charge in [0.1, 0.15) is 11.6 Å². The Balaban J connectivity index is 1.46. The molecule has 5 rings (SSSR count). The zero-order chi connectivity index (χ0) is 21.2. The van der Waals surface area contributed by atoms with Crippen LogP contribution in [0.3, 0.4) is 0 Å². The first-order valence-electron chi connectivity index (χ1n) is 10.6. The number of halogens is 1. The van der Waals surface area contributed by atoms with Crippen molar-refractivity contribution in [1.29, 1.82) is 0 Å². The fourth-order valence-corrected chi connectivity index (χ4v) is 4.06. The van der Waals surface area contributed by atoms with Gasteiger partial charge in [-0.05, 0) is 36.4 Å². The van der Waals surface area contributed by atoms with E-state index >= 15 is 0 Å². The lowest BCUT2D eigenvalue weighted by atomic mass is 10.1. The number of hydrogen-bond acceptors (Lipinski definition) is 6. The van der Waals surface area contributed by atoms with Gasteiger partial charge >= 0.3 is 0 Å². The Morgan fingerprint density at radius 3 is 2.61 bits per heavy atom. The van der Waals surface area contributed by atoms with E-state index in [1.54, 1.807) is 12.1 Å². The van der Waals surface area contributed by atoms with Gasteiger partial charge in [0.25, 0.3) is 0 Å². The molecule has 7 nitrogen and oxygen atoms in total. The minimum atomic E-state index is -0.292. The Hall–Kier alpha value is -2.97. The van der Waals surface area contributed by atoms with Crippen molar-refractivity contribution >= 4 is 5.95 Å². The van der Waals surface area contributed by atoms with E-state index in [9.17, 15) is 4.39 Å². The summed E-state index contributed by atoms with van der Waals surface area (Å²) >= 11 is 0. The molecule has 0 bridgehead atoms. The number of fused-ring (bicyclic) bond motifs is 1. The molecular formula is C23H26FN5O2. The van der Waals surface area contributed by atoms with Gasteiger partial charge in [-0.25, -0.2) is 9.37 Å². The zero-order valence-corrected chi connectivity index (χ0v) is 17.6. The van der Waals surface area contributed by atoms with E-state index in [4.69, 9.17) is 19.4 Å². The van der Waals surface area contributed by atoms with Gasteiger partial charge in [0.15, 0.2) is 0 Å². The first-order valence-corrected chi connectivity index (χ1v) is 10.6. The summed E-state index contributed by atoms with van der Waals surface area (Å²) in [4.78, 5) is 14.2. The first kappa shape index (κ1) is 20.0. The lowest BCUT2D eigenvalue weighted by Crippen LogP contribution is -2.38. The highest BCUT2D eigenvalue weighted by molar-refractivity contribution is 5.43. The Kier molecular flexibility index (Phi) is 5.57. The summed E-state index contributed by atoms with van der Waals surface area (Å²) in [5.74, 6) is 1.50. The van der Waals surface area contributed by atoms with Crippen LogP contribution in [0, 0.1) is 5.82 Å². The normalized spacial score (nSPS) is 16.9. The largest absolute Gasteiger partial charge is 0.438 e. The van der Waals surface area contributed by atoms with Crippen molar-refractivity contribution in [3.63, 3.8) is 0 Å². The maximum Gasteiger partial charge on any atom is 0.229 e. The van der Waals surface area contributed by atoms with Crippen molar-refractivity contribution in [3.05, 3.63) is 65.4 Å². The standard InChI is InChI=1S/C23H26FN5O2/c1-27-9-2-3-18(27)15-28-10-8-21-20(16-28)22(31-19-6-4-17(24)5-7-19)26-23(25-21)29-11-13-30-14-12-29/h2-7,9H,8,10-16H2,1H3. The van der Waals surface area contributed by atoms with Gasteiger partial charge < -0.3 is 18.9 Å². The summed E-state index contributed by atoms with van der Waals surface area (Å²) in [6, 6.07) is 10.3. The SMILES string of the molecule is Cn1cccc1CN1CCc2nc(N3CCOCC3)nc(Oc3ccc(F)cc3)c2C1. The number of ether oxygens (including phenoxy) is 2. The van der Waals surface area contributed by atoms with Crippen LogP contribution in [-0.2, 0) is 31.3 Å². The molecule has 2 aromatic heterocycles. The summed E-state index contributed by atoms with van der Waals surface area (Å²) < 4.78 is 27.1. The Labute approximate surface area is 181 Å². The van der Waals surface area contributed by atoms with E-state index in [1.165, 1.54) is 17.8 Å². The number of aryl methyl sites for hydroxylation is 1. The number of nitrogens with zero attached hydrogens (tertiary/aromatic N) is 5.